The summed E-state index contributed by atoms with van der Waals surface area (Å²) in [7, 11) is 0. The van der Waals surface area contributed by atoms with Crippen LogP contribution in [0.5, 0.6) is 0 Å². The SMILES string of the molecule is O=C1CCCN1c1ccc(CN2CC[C@@H](Nc3ccccc3)[C@@H](Cc3ccccc3)C2)cc1. The maximum atomic E-state index is 12.0. The molecule has 2 heterocycles. The molecular weight excluding hydrogens is 406 g/mol. The van der Waals surface area contributed by atoms with Gasteiger partial charge in [0.1, 0.15) is 0 Å². The highest BCUT2D eigenvalue weighted by Crippen LogP contribution is 2.27. The third-order valence-electron chi connectivity index (χ3n) is 7.01. The molecule has 1 amide bonds. The maximum absolute atomic E-state index is 12.0. The van der Waals surface area contributed by atoms with E-state index in [1.54, 1.807) is 0 Å². The maximum Gasteiger partial charge on any atom is 0.227 e. The molecule has 4 nitrogen and oxygen atoms in total. The Kier molecular flexibility index (Phi) is 6.73. The van der Waals surface area contributed by atoms with Gasteiger partial charge >= 0.3 is 0 Å². The monoisotopic (exact) mass is 439 g/mol. The minimum absolute atomic E-state index is 0.250. The van der Waals surface area contributed by atoms with Gasteiger partial charge in [-0.05, 0) is 60.6 Å². The molecule has 170 valence electrons. The van der Waals surface area contributed by atoms with Crippen LogP contribution in [0.25, 0.3) is 0 Å². The van der Waals surface area contributed by atoms with Crippen molar-refractivity contribution in [3.8, 4) is 0 Å². The summed E-state index contributed by atoms with van der Waals surface area (Å²) in [6.45, 7) is 3.97. The molecule has 2 fully saturated rings. The zero-order valence-corrected chi connectivity index (χ0v) is 19.2. The van der Waals surface area contributed by atoms with Crippen molar-refractivity contribution in [2.24, 2.45) is 5.92 Å². The van der Waals surface area contributed by atoms with Crippen molar-refractivity contribution >= 4 is 17.3 Å². The molecule has 0 unspecified atom stereocenters. The standard InChI is InChI=1S/C29H33N3O/c33-29-12-7-18-32(29)27-15-13-24(14-16-27)21-31-19-17-28(30-26-10-5-2-6-11-26)25(22-31)20-23-8-3-1-4-9-23/h1-6,8-11,13-16,25,28,30H,7,12,17-22H2/t25-,28+/m0/s1. The second-order valence-corrected chi connectivity index (χ2v) is 9.41. The highest BCUT2D eigenvalue weighted by atomic mass is 16.2. The predicted octanol–water partition coefficient (Wildman–Crippen LogP) is 5.36. The Morgan fingerprint density at radius 1 is 0.818 bits per heavy atom. The number of carbonyl (C=O) groups excluding carboxylic acids is 1. The molecule has 33 heavy (non-hydrogen) atoms. The van der Waals surface area contributed by atoms with E-state index >= 15 is 0 Å². The Morgan fingerprint density at radius 2 is 1.55 bits per heavy atom. The van der Waals surface area contributed by atoms with Gasteiger partial charge in [-0.15, -0.1) is 0 Å². The number of nitrogens with one attached hydrogen (secondary N) is 1. The van der Waals surface area contributed by atoms with Gasteiger partial charge in [-0.1, -0.05) is 60.7 Å². The molecule has 2 saturated heterocycles. The number of nitrogens with zero attached hydrogens (tertiary/aromatic N) is 2. The zero-order chi connectivity index (χ0) is 22.5. The summed E-state index contributed by atoms with van der Waals surface area (Å²) >= 11 is 0. The van der Waals surface area contributed by atoms with Crippen LogP contribution in [0.4, 0.5) is 11.4 Å². The number of likely N-dealkylation sites (tertiary alicyclic amines) is 1. The van der Waals surface area contributed by atoms with Crippen LogP contribution in [0, 0.1) is 5.92 Å². The number of amides is 1. The van der Waals surface area contributed by atoms with Crippen molar-refractivity contribution in [2.45, 2.75) is 38.3 Å². The van der Waals surface area contributed by atoms with E-state index < -0.39 is 0 Å². The van der Waals surface area contributed by atoms with Gasteiger partial charge in [0.15, 0.2) is 0 Å². The van der Waals surface area contributed by atoms with E-state index in [1.165, 1.54) is 16.8 Å². The first-order chi connectivity index (χ1) is 16.2. The van der Waals surface area contributed by atoms with Gasteiger partial charge in [-0.25, -0.2) is 0 Å². The third kappa shape index (κ3) is 5.45. The average Bonchev–Trinajstić information content (AvgIpc) is 3.28. The summed E-state index contributed by atoms with van der Waals surface area (Å²) < 4.78 is 0. The van der Waals surface area contributed by atoms with E-state index in [1.807, 2.05) is 4.90 Å². The first kappa shape index (κ1) is 21.7. The molecule has 3 aromatic rings. The van der Waals surface area contributed by atoms with Crippen LogP contribution in [0.2, 0.25) is 0 Å². The van der Waals surface area contributed by atoms with Crippen molar-refractivity contribution in [3.05, 3.63) is 96.1 Å². The molecule has 2 atom stereocenters. The quantitative estimate of drug-likeness (QED) is 0.538. The number of hydrogen-bond donors (Lipinski definition) is 1. The van der Waals surface area contributed by atoms with Gasteiger partial charge in [-0.2, -0.15) is 0 Å². The largest absolute Gasteiger partial charge is 0.382 e. The summed E-state index contributed by atoms with van der Waals surface area (Å²) in [4.78, 5) is 16.5. The summed E-state index contributed by atoms with van der Waals surface area (Å²) in [5.41, 5.74) is 4.97. The van der Waals surface area contributed by atoms with Gasteiger partial charge in [0, 0.05) is 50.0 Å². The topological polar surface area (TPSA) is 35.6 Å². The van der Waals surface area contributed by atoms with Gasteiger partial charge in [0.05, 0.1) is 0 Å². The van der Waals surface area contributed by atoms with Crippen molar-refractivity contribution < 1.29 is 4.79 Å². The fourth-order valence-corrected chi connectivity index (χ4v) is 5.27. The van der Waals surface area contributed by atoms with Crippen LogP contribution in [0.3, 0.4) is 0 Å². The molecule has 5 rings (SSSR count). The van der Waals surface area contributed by atoms with Crippen LogP contribution in [-0.2, 0) is 17.8 Å². The average molecular weight is 440 g/mol. The fourth-order valence-electron chi connectivity index (χ4n) is 5.27. The van der Waals surface area contributed by atoms with Gasteiger partial charge in [0.25, 0.3) is 0 Å². The second-order valence-electron chi connectivity index (χ2n) is 9.41. The first-order valence-corrected chi connectivity index (χ1v) is 12.2. The molecule has 2 aliphatic rings. The number of carbonyl (C=O) groups is 1. The summed E-state index contributed by atoms with van der Waals surface area (Å²) in [6.07, 6.45) is 3.86. The van der Waals surface area contributed by atoms with Crippen molar-refractivity contribution in [1.29, 1.82) is 0 Å². The van der Waals surface area contributed by atoms with Crippen LogP contribution < -0.4 is 10.2 Å². The smallest absolute Gasteiger partial charge is 0.227 e. The zero-order valence-electron chi connectivity index (χ0n) is 19.2. The molecule has 0 spiro atoms. The molecule has 2 aliphatic heterocycles. The van der Waals surface area contributed by atoms with Gasteiger partial charge in [-0.3, -0.25) is 9.69 Å². The van der Waals surface area contributed by atoms with Crippen molar-refractivity contribution in [1.82, 2.24) is 4.90 Å². The van der Waals surface area contributed by atoms with Crippen LogP contribution in [-0.4, -0.2) is 36.5 Å². The number of anilines is 2. The molecule has 0 bridgehead atoms. The lowest BCUT2D eigenvalue weighted by Gasteiger charge is -2.39. The lowest BCUT2D eigenvalue weighted by atomic mass is 9.86. The number of benzene rings is 3. The van der Waals surface area contributed by atoms with Gasteiger partial charge < -0.3 is 10.2 Å². The van der Waals surface area contributed by atoms with Crippen LogP contribution in [0.1, 0.15) is 30.4 Å². The molecular formula is C29H33N3O. The number of para-hydroxylation sites is 1. The van der Waals surface area contributed by atoms with Crippen molar-refractivity contribution in [2.75, 3.05) is 29.9 Å². The Balaban J connectivity index is 1.26. The highest BCUT2D eigenvalue weighted by Gasteiger charge is 2.29. The highest BCUT2D eigenvalue weighted by molar-refractivity contribution is 5.95. The first-order valence-electron chi connectivity index (χ1n) is 12.2. The molecule has 0 aromatic heterocycles. The molecule has 3 aromatic carbocycles. The molecule has 0 saturated carbocycles. The van der Waals surface area contributed by atoms with E-state index in [0.717, 1.165) is 51.1 Å². The van der Waals surface area contributed by atoms with E-state index in [2.05, 4.69) is 95.1 Å². The van der Waals surface area contributed by atoms with E-state index in [-0.39, 0.29) is 5.91 Å². The summed E-state index contributed by atoms with van der Waals surface area (Å²) in [5, 5.41) is 3.81. The van der Waals surface area contributed by atoms with Crippen LogP contribution in [0.15, 0.2) is 84.9 Å². The Hall–Kier alpha value is -3.11. The minimum atomic E-state index is 0.250. The van der Waals surface area contributed by atoms with E-state index in [4.69, 9.17) is 0 Å². The second kappa shape index (κ2) is 10.2. The normalized spacial score (nSPS) is 21.3. The molecule has 1 N–H and O–H groups in total. The summed E-state index contributed by atoms with van der Waals surface area (Å²) in [5.74, 6) is 0.794. The number of hydrogen-bond acceptors (Lipinski definition) is 3. The van der Waals surface area contributed by atoms with Crippen molar-refractivity contribution in [3.63, 3.8) is 0 Å². The number of rotatable bonds is 7. The molecule has 0 radical (unpaired) electrons. The van der Waals surface area contributed by atoms with E-state index in [9.17, 15) is 4.79 Å². The predicted molar refractivity (Wildman–Crippen MR) is 135 cm³/mol. The Labute approximate surface area is 197 Å². The minimum Gasteiger partial charge on any atom is -0.382 e. The number of piperidine rings is 1. The fraction of sp³-hybridized carbons (Fsp3) is 0.345. The Morgan fingerprint density at radius 3 is 2.24 bits per heavy atom. The van der Waals surface area contributed by atoms with Crippen LogP contribution >= 0.6 is 0 Å². The summed E-state index contributed by atoms with van der Waals surface area (Å²) in [6, 6.07) is 30.6. The van der Waals surface area contributed by atoms with Gasteiger partial charge in [0.2, 0.25) is 5.91 Å². The lowest BCUT2D eigenvalue weighted by molar-refractivity contribution is -0.117. The Bertz CT molecular complexity index is 1040. The lowest BCUT2D eigenvalue weighted by Crippen LogP contribution is -2.46. The van der Waals surface area contributed by atoms with E-state index in [0.29, 0.717) is 18.4 Å². The molecule has 4 heteroatoms. The third-order valence-corrected chi connectivity index (χ3v) is 7.01. The molecule has 0 aliphatic carbocycles.